The largest absolute Gasteiger partial charge is 0.453 e. The van der Waals surface area contributed by atoms with Gasteiger partial charge in [-0.05, 0) is 41.5 Å². The van der Waals surface area contributed by atoms with Crippen LogP contribution >= 0.6 is 0 Å². The fraction of sp³-hybridized carbons (Fsp3) is 0.459. The molecule has 1 aromatic heterocycles. The molecule has 2 saturated heterocycles. The summed E-state index contributed by atoms with van der Waals surface area (Å²) in [6.07, 6.45) is -0.732. The number of hydrogen-bond donors (Lipinski definition) is 4. The number of aromatic nitrogens is 1. The average molecular weight is 690 g/mol. The van der Waals surface area contributed by atoms with Crippen molar-refractivity contribution in [3.8, 4) is 11.3 Å². The SMILES string of the molecule is COC(=O)N[C@H](C(=O)NN(Cc1ccccc1)C[C@H](O)[C@H](Cc1ccc(-c2ccccn2)cc1)NC(=O)O[C@H]1CO[C@H]2OCC[C@H]21)C(C)(C)C. The molecule has 13 nitrogen and oxygen atoms in total. The first-order valence-corrected chi connectivity index (χ1v) is 16.8. The minimum absolute atomic E-state index is 0.0470. The molecule has 5 rings (SSSR count). The molecule has 2 aliphatic heterocycles. The number of aliphatic hydroxyl groups is 1. The van der Waals surface area contributed by atoms with Crippen LogP contribution in [0, 0.1) is 11.3 Å². The summed E-state index contributed by atoms with van der Waals surface area (Å²) >= 11 is 0. The van der Waals surface area contributed by atoms with Crippen molar-refractivity contribution in [2.45, 2.75) is 70.7 Å². The second-order valence-corrected chi connectivity index (χ2v) is 13.7. The highest BCUT2D eigenvalue weighted by atomic mass is 16.7. The standard InChI is InChI=1S/C37H47N5O8/c1-37(2,3)32(40-35(45)47-4)33(44)41-42(21-25-10-6-5-7-11-25)22-30(43)29(39-36(46)50-31-23-49-34-27(31)17-19-48-34)20-24-13-15-26(16-14-24)28-12-8-9-18-38-28/h5-16,18,27,29-32,34,43H,17,19-23H2,1-4H3,(H,39,46)(H,40,45)(H,41,44)/t27-,29-,30-,31-,32+,34+/m0/s1. The number of methoxy groups -OCH3 is 1. The number of amides is 3. The Morgan fingerprint density at radius 2 is 1.70 bits per heavy atom. The second-order valence-electron chi connectivity index (χ2n) is 13.7. The maximum atomic E-state index is 13.7. The molecule has 0 radical (unpaired) electrons. The van der Waals surface area contributed by atoms with Crippen molar-refractivity contribution in [3.63, 3.8) is 0 Å². The van der Waals surface area contributed by atoms with Gasteiger partial charge in [0.1, 0.15) is 12.1 Å². The first kappa shape index (κ1) is 36.7. The highest BCUT2D eigenvalue weighted by Crippen LogP contribution is 2.33. The van der Waals surface area contributed by atoms with Crippen molar-refractivity contribution in [3.05, 3.63) is 90.1 Å². The highest BCUT2D eigenvalue weighted by Gasteiger charge is 2.44. The molecule has 6 atom stereocenters. The predicted molar refractivity (Wildman–Crippen MR) is 184 cm³/mol. The summed E-state index contributed by atoms with van der Waals surface area (Å²) in [5, 5.41) is 18.9. The number of alkyl carbamates (subject to hydrolysis) is 2. The topological polar surface area (TPSA) is 161 Å². The second kappa shape index (κ2) is 16.9. The van der Waals surface area contributed by atoms with Crippen LogP contribution in [0.25, 0.3) is 11.3 Å². The van der Waals surface area contributed by atoms with Crippen molar-refractivity contribution >= 4 is 18.1 Å². The van der Waals surface area contributed by atoms with Gasteiger partial charge in [-0.15, -0.1) is 0 Å². The van der Waals surface area contributed by atoms with Crippen molar-refractivity contribution in [2.24, 2.45) is 11.3 Å². The van der Waals surface area contributed by atoms with E-state index < -0.39 is 47.8 Å². The summed E-state index contributed by atoms with van der Waals surface area (Å²) in [6, 6.07) is 21.1. The molecular weight excluding hydrogens is 642 g/mol. The number of nitrogens with zero attached hydrogens (tertiary/aromatic N) is 2. The van der Waals surface area contributed by atoms with Crippen molar-refractivity contribution in [1.82, 2.24) is 26.1 Å². The summed E-state index contributed by atoms with van der Waals surface area (Å²) in [5.74, 6) is -0.538. The van der Waals surface area contributed by atoms with Crippen LogP contribution in [0.3, 0.4) is 0 Å². The van der Waals surface area contributed by atoms with E-state index in [2.05, 4.69) is 21.0 Å². The van der Waals surface area contributed by atoms with Crippen molar-refractivity contribution in [1.29, 1.82) is 0 Å². The third-order valence-electron chi connectivity index (χ3n) is 8.85. The quantitative estimate of drug-likeness (QED) is 0.194. The normalized spacial score (nSPS) is 20.3. The van der Waals surface area contributed by atoms with Gasteiger partial charge in [0, 0.05) is 24.8 Å². The lowest BCUT2D eigenvalue weighted by Gasteiger charge is -2.34. The third kappa shape index (κ3) is 10.0. The van der Waals surface area contributed by atoms with Crippen LogP contribution in [-0.4, -0.2) is 90.6 Å². The molecule has 0 saturated carbocycles. The number of ether oxygens (including phenoxy) is 4. The lowest BCUT2D eigenvalue weighted by atomic mass is 9.86. The third-order valence-corrected chi connectivity index (χ3v) is 8.85. The summed E-state index contributed by atoms with van der Waals surface area (Å²) in [5.41, 5.74) is 5.71. The van der Waals surface area contributed by atoms with Gasteiger partial charge in [-0.25, -0.2) is 14.6 Å². The van der Waals surface area contributed by atoms with Crippen LogP contribution in [0.15, 0.2) is 79.0 Å². The summed E-state index contributed by atoms with van der Waals surface area (Å²) in [7, 11) is 1.23. The molecule has 2 aliphatic rings. The molecular formula is C37H47N5O8. The number of hydrogen-bond acceptors (Lipinski definition) is 10. The molecule has 0 unspecified atom stereocenters. The van der Waals surface area contributed by atoms with Crippen LogP contribution in [-0.2, 0) is 36.7 Å². The van der Waals surface area contributed by atoms with E-state index >= 15 is 0 Å². The average Bonchev–Trinajstić information content (AvgIpc) is 3.72. The van der Waals surface area contributed by atoms with Gasteiger partial charge < -0.3 is 34.7 Å². The fourth-order valence-corrected chi connectivity index (χ4v) is 6.13. The van der Waals surface area contributed by atoms with Crippen LogP contribution in [0.5, 0.6) is 0 Å². The molecule has 0 aliphatic carbocycles. The molecule has 50 heavy (non-hydrogen) atoms. The van der Waals surface area contributed by atoms with Gasteiger partial charge in [-0.2, -0.15) is 0 Å². The highest BCUT2D eigenvalue weighted by molar-refractivity contribution is 5.86. The number of pyridine rings is 1. The Hall–Kier alpha value is -4.56. The first-order valence-electron chi connectivity index (χ1n) is 16.8. The van der Waals surface area contributed by atoms with Gasteiger partial charge in [0.15, 0.2) is 6.29 Å². The predicted octanol–water partition coefficient (Wildman–Crippen LogP) is 3.81. The van der Waals surface area contributed by atoms with Gasteiger partial charge in [0.25, 0.3) is 5.91 Å². The molecule has 2 fully saturated rings. The Morgan fingerprint density at radius 3 is 2.38 bits per heavy atom. The van der Waals surface area contributed by atoms with Gasteiger partial charge in [0.2, 0.25) is 0 Å². The van der Waals surface area contributed by atoms with E-state index in [1.807, 2.05) is 93.6 Å². The van der Waals surface area contributed by atoms with E-state index in [4.69, 9.17) is 18.9 Å². The zero-order chi connectivity index (χ0) is 35.7. The Bertz CT molecular complexity index is 1550. The zero-order valence-corrected chi connectivity index (χ0v) is 28.9. The number of aliphatic hydroxyl groups excluding tert-OH is 1. The molecule has 13 heteroatoms. The zero-order valence-electron chi connectivity index (χ0n) is 28.9. The first-order chi connectivity index (χ1) is 24.0. The van der Waals surface area contributed by atoms with Crippen LogP contribution < -0.4 is 16.1 Å². The number of carbonyl (C=O) groups excluding carboxylic acids is 3. The van der Waals surface area contributed by atoms with Gasteiger partial charge in [-0.1, -0.05) is 81.4 Å². The smallest absolute Gasteiger partial charge is 0.407 e. The molecule has 2 aromatic carbocycles. The Kier molecular flexibility index (Phi) is 12.4. The lowest BCUT2D eigenvalue weighted by molar-refractivity contribution is -0.131. The number of rotatable bonds is 13. The van der Waals surface area contributed by atoms with Crippen molar-refractivity contribution in [2.75, 3.05) is 26.9 Å². The van der Waals surface area contributed by atoms with Gasteiger partial charge >= 0.3 is 12.2 Å². The fourth-order valence-electron chi connectivity index (χ4n) is 6.13. The van der Waals surface area contributed by atoms with Crippen LogP contribution in [0.4, 0.5) is 9.59 Å². The Balaban J connectivity index is 1.35. The molecule has 3 aromatic rings. The van der Waals surface area contributed by atoms with E-state index in [9.17, 15) is 19.5 Å². The monoisotopic (exact) mass is 689 g/mol. The van der Waals surface area contributed by atoms with E-state index in [0.717, 1.165) is 28.8 Å². The van der Waals surface area contributed by atoms with E-state index in [1.54, 1.807) is 11.2 Å². The molecule has 3 amide bonds. The minimum Gasteiger partial charge on any atom is -0.453 e. The summed E-state index contributed by atoms with van der Waals surface area (Å²) in [4.78, 5) is 43.6. The summed E-state index contributed by atoms with van der Waals surface area (Å²) < 4.78 is 21.8. The number of hydrazine groups is 1. The van der Waals surface area contributed by atoms with Crippen molar-refractivity contribution < 1.29 is 38.4 Å². The van der Waals surface area contributed by atoms with Gasteiger partial charge in [0.05, 0.1) is 44.1 Å². The number of nitrogens with one attached hydrogen (secondary N) is 3. The molecule has 3 heterocycles. The van der Waals surface area contributed by atoms with E-state index in [-0.39, 0.29) is 38.3 Å². The van der Waals surface area contributed by atoms with Crippen LogP contribution in [0.1, 0.15) is 38.3 Å². The summed E-state index contributed by atoms with van der Waals surface area (Å²) in [6.45, 7) is 6.41. The van der Waals surface area contributed by atoms with Crippen LogP contribution in [0.2, 0.25) is 0 Å². The number of fused-ring (bicyclic) bond motifs is 1. The minimum atomic E-state index is -1.17. The number of benzene rings is 2. The van der Waals surface area contributed by atoms with Gasteiger partial charge in [-0.3, -0.25) is 15.2 Å². The molecule has 268 valence electrons. The maximum absolute atomic E-state index is 13.7. The maximum Gasteiger partial charge on any atom is 0.407 e. The molecule has 0 spiro atoms. The number of carbonyl (C=O) groups is 3. The van der Waals surface area contributed by atoms with E-state index in [0.29, 0.717) is 6.61 Å². The molecule has 0 bridgehead atoms. The Labute approximate surface area is 292 Å². The lowest BCUT2D eigenvalue weighted by Crippen LogP contribution is -2.59. The van der Waals surface area contributed by atoms with E-state index in [1.165, 1.54) is 7.11 Å². The molecule has 4 N–H and O–H groups in total. The Morgan fingerprint density at radius 1 is 0.960 bits per heavy atom.